The molecular formula is C24H18F6N2O3S. The fourth-order valence-electron chi connectivity index (χ4n) is 3.29. The summed E-state index contributed by atoms with van der Waals surface area (Å²) in [7, 11) is 2.43. The summed E-state index contributed by atoms with van der Waals surface area (Å²) in [6, 6.07) is 10.5. The zero-order chi connectivity index (χ0) is 26.6. The van der Waals surface area contributed by atoms with Crippen LogP contribution in [0.2, 0.25) is 0 Å². The van der Waals surface area contributed by atoms with Crippen molar-refractivity contribution in [3.8, 4) is 5.75 Å². The van der Waals surface area contributed by atoms with E-state index < -0.39 is 69.4 Å². The van der Waals surface area contributed by atoms with E-state index in [0.29, 0.717) is 21.4 Å². The number of hydrogen-bond donors (Lipinski definition) is 0. The molecule has 0 radical (unpaired) electrons. The Balaban J connectivity index is 2.01. The minimum atomic E-state index is -4.65. The number of urea groups is 1. The van der Waals surface area contributed by atoms with E-state index >= 15 is 0 Å². The lowest BCUT2D eigenvalue weighted by molar-refractivity contribution is -0.0328. The molecule has 0 aliphatic carbocycles. The minimum Gasteiger partial charge on any atom is -0.496 e. The first-order valence-electron chi connectivity index (χ1n) is 10.1. The van der Waals surface area contributed by atoms with Crippen LogP contribution in [0.5, 0.6) is 5.75 Å². The Labute approximate surface area is 206 Å². The van der Waals surface area contributed by atoms with Crippen molar-refractivity contribution in [2.75, 3.05) is 19.1 Å². The van der Waals surface area contributed by atoms with E-state index in [4.69, 9.17) is 4.74 Å². The van der Waals surface area contributed by atoms with Gasteiger partial charge >= 0.3 is 11.5 Å². The normalized spacial score (nSPS) is 11.2. The van der Waals surface area contributed by atoms with Gasteiger partial charge in [0.25, 0.3) is 5.91 Å². The highest BCUT2D eigenvalue weighted by Gasteiger charge is 2.32. The number of halogens is 6. The Bertz CT molecular complexity index is 1280. The molecule has 0 aliphatic rings. The molecule has 0 aromatic heterocycles. The van der Waals surface area contributed by atoms with E-state index in [2.05, 4.69) is 0 Å². The van der Waals surface area contributed by atoms with Gasteiger partial charge in [-0.2, -0.15) is 13.2 Å². The predicted molar refractivity (Wildman–Crippen MR) is 121 cm³/mol. The van der Waals surface area contributed by atoms with Crippen molar-refractivity contribution >= 4 is 29.4 Å². The second-order valence-electron chi connectivity index (χ2n) is 7.31. The lowest BCUT2D eigenvalue weighted by Crippen LogP contribution is -2.45. The number of rotatable bonds is 6. The number of thioether (sulfide) groups is 1. The van der Waals surface area contributed by atoms with Crippen LogP contribution in [-0.4, -0.2) is 36.5 Å². The van der Waals surface area contributed by atoms with E-state index in [1.54, 1.807) is 18.2 Å². The van der Waals surface area contributed by atoms with E-state index in [1.165, 1.54) is 13.2 Å². The van der Waals surface area contributed by atoms with Gasteiger partial charge in [-0.25, -0.2) is 18.0 Å². The van der Waals surface area contributed by atoms with Gasteiger partial charge in [-0.3, -0.25) is 14.6 Å². The highest BCUT2D eigenvalue weighted by Crippen LogP contribution is 2.38. The van der Waals surface area contributed by atoms with Crippen LogP contribution in [0.15, 0.2) is 65.6 Å². The maximum Gasteiger partial charge on any atom is 0.446 e. The number of carbonyl (C=O) groups excluding carboxylic acids is 2. The van der Waals surface area contributed by atoms with Crippen molar-refractivity contribution in [1.29, 1.82) is 0 Å². The van der Waals surface area contributed by atoms with Gasteiger partial charge in [0.05, 0.1) is 24.9 Å². The number of imide groups is 1. The Hall–Kier alpha value is -3.67. The molecule has 5 nitrogen and oxygen atoms in total. The van der Waals surface area contributed by atoms with Crippen LogP contribution >= 0.6 is 11.8 Å². The second-order valence-corrected chi connectivity index (χ2v) is 8.45. The number of carbonyl (C=O) groups is 2. The monoisotopic (exact) mass is 528 g/mol. The number of alkyl halides is 3. The number of anilines is 1. The molecule has 0 saturated carbocycles. The highest BCUT2D eigenvalue weighted by atomic mass is 32.2. The van der Waals surface area contributed by atoms with E-state index in [9.17, 15) is 35.9 Å². The second kappa shape index (κ2) is 10.9. The molecule has 12 heteroatoms. The number of benzene rings is 3. The number of methoxy groups -OCH3 is 1. The Kier molecular flexibility index (Phi) is 8.18. The van der Waals surface area contributed by atoms with Gasteiger partial charge in [0.2, 0.25) is 0 Å². The van der Waals surface area contributed by atoms with Crippen LogP contribution < -0.4 is 9.64 Å². The summed E-state index contributed by atoms with van der Waals surface area (Å²) >= 11 is -0.538. The highest BCUT2D eigenvalue weighted by molar-refractivity contribution is 8.00. The quantitative estimate of drug-likeness (QED) is 0.267. The lowest BCUT2D eigenvalue weighted by atomic mass is 10.1. The molecule has 0 unspecified atom stereocenters. The number of hydrogen-bond acceptors (Lipinski definition) is 4. The van der Waals surface area contributed by atoms with Gasteiger partial charge in [-0.1, -0.05) is 24.3 Å². The lowest BCUT2D eigenvalue weighted by Gasteiger charge is -2.28. The van der Waals surface area contributed by atoms with Crippen LogP contribution in [-0.2, 0) is 6.54 Å². The Morgan fingerprint density at radius 3 is 2.28 bits per heavy atom. The molecule has 0 N–H and O–H groups in total. The molecule has 3 aromatic carbocycles. The van der Waals surface area contributed by atoms with E-state index in [0.717, 1.165) is 37.4 Å². The maximum atomic E-state index is 14.7. The first kappa shape index (κ1) is 26.9. The average molecular weight is 528 g/mol. The van der Waals surface area contributed by atoms with Gasteiger partial charge < -0.3 is 4.74 Å². The smallest absolute Gasteiger partial charge is 0.446 e. The zero-order valence-corrected chi connectivity index (χ0v) is 19.6. The van der Waals surface area contributed by atoms with Gasteiger partial charge in [0, 0.05) is 17.5 Å². The SMILES string of the molecule is COc1ccccc1CN(C(=O)c1cccc(F)c1F)C(=O)N(C)c1ccc(SC(F)(F)F)cc1F. The van der Waals surface area contributed by atoms with Gasteiger partial charge in [-0.15, -0.1) is 0 Å². The number of nitrogens with zero attached hydrogens (tertiary/aromatic N) is 2. The molecule has 0 atom stereocenters. The van der Waals surface area contributed by atoms with E-state index in [-0.39, 0.29) is 5.75 Å². The van der Waals surface area contributed by atoms with E-state index in [1.807, 2.05) is 0 Å². The summed E-state index contributed by atoms with van der Waals surface area (Å²) in [4.78, 5) is 27.3. The van der Waals surface area contributed by atoms with Gasteiger partial charge in [-0.05, 0) is 48.2 Å². The Morgan fingerprint density at radius 2 is 1.64 bits per heavy atom. The minimum absolute atomic E-state index is 0.283. The maximum absolute atomic E-state index is 14.7. The first-order chi connectivity index (χ1) is 16.9. The summed E-state index contributed by atoms with van der Waals surface area (Å²) in [5.74, 6) is -4.91. The topological polar surface area (TPSA) is 49.9 Å². The molecule has 3 rings (SSSR count). The molecule has 36 heavy (non-hydrogen) atoms. The summed E-state index contributed by atoms with van der Waals surface area (Å²) in [5.41, 5.74) is -5.51. The fraction of sp³-hybridized carbons (Fsp3) is 0.167. The summed E-state index contributed by atoms with van der Waals surface area (Å²) < 4.78 is 85.9. The van der Waals surface area contributed by atoms with Gasteiger partial charge in [0.1, 0.15) is 11.6 Å². The van der Waals surface area contributed by atoms with Crippen molar-refractivity contribution in [2.24, 2.45) is 0 Å². The molecule has 3 aromatic rings. The van der Waals surface area contributed by atoms with Crippen LogP contribution in [0.1, 0.15) is 15.9 Å². The number of amides is 3. The summed E-state index contributed by atoms with van der Waals surface area (Å²) in [5, 5.41) is 0. The largest absolute Gasteiger partial charge is 0.496 e. The van der Waals surface area contributed by atoms with Crippen molar-refractivity contribution in [1.82, 2.24) is 4.90 Å². The van der Waals surface area contributed by atoms with Crippen molar-refractivity contribution in [3.63, 3.8) is 0 Å². The van der Waals surface area contributed by atoms with Gasteiger partial charge in [0.15, 0.2) is 11.6 Å². The average Bonchev–Trinajstić information content (AvgIpc) is 2.82. The molecule has 0 fully saturated rings. The molecule has 0 aliphatic heterocycles. The van der Waals surface area contributed by atoms with Crippen LogP contribution in [0.3, 0.4) is 0 Å². The third-order valence-electron chi connectivity index (χ3n) is 4.98. The van der Waals surface area contributed by atoms with Crippen molar-refractivity contribution in [2.45, 2.75) is 16.9 Å². The molecule has 190 valence electrons. The summed E-state index contributed by atoms with van der Waals surface area (Å²) in [6.07, 6.45) is 0. The van der Waals surface area contributed by atoms with Crippen molar-refractivity contribution < 1.29 is 40.7 Å². The standard InChI is InChI=1S/C24H18F6N2O3S/c1-31(19-11-10-15(12-18(19)26)36-24(28,29)30)23(34)32(13-14-6-3-4-9-20(14)35-2)22(33)16-7-5-8-17(25)21(16)27/h3-12H,13H2,1-2H3. The Morgan fingerprint density at radius 1 is 0.944 bits per heavy atom. The number of ether oxygens (including phenoxy) is 1. The number of para-hydroxylation sites is 1. The first-order valence-corrected chi connectivity index (χ1v) is 11.0. The van der Waals surface area contributed by atoms with Crippen molar-refractivity contribution in [3.05, 3.63) is 89.2 Å². The predicted octanol–water partition coefficient (Wildman–Crippen LogP) is 6.62. The molecule has 0 heterocycles. The third kappa shape index (κ3) is 6.11. The fourth-order valence-corrected chi connectivity index (χ4v) is 3.85. The molecule has 0 saturated heterocycles. The molecule has 0 spiro atoms. The van der Waals surface area contributed by atoms with Crippen LogP contribution in [0.25, 0.3) is 0 Å². The van der Waals surface area contributed by atoms with Crippen LogP contribution in [0, 0.1) is 17.5 Å². The van der Waals surface area contributed by atoms with Crippen LogP contribution in [0.4, 0.5) is 36.8 Å². The zero-order valence-electron chi connectivity index (χ0n) is 18.8. The summed E-state index contributed by atoms with van der Waals surface area (Å²) in [6.45, 7) is -0.467. The molecule has 0 bridgehead atoms. The molecule has 3 amide bonds. The molecular weight excluding hydrogens is 510 g/mol. The third-order valence-corrected chi connectivity index (χ3v) is 5.70.